The van der Waals surface area contributed by atoms with Gasteiger partial charge in [-0.15, -0.1) is 0 Å². The number of nitrogens with zero attached hydrogens (tertiary/aromatic N) is 1. The van der Waals surface area contributed by atoms with E-state index in [-0.39, 0.29) is 36.8 Å². The van der Waals surface area contributed by atoms with Gasteiger partial charge >= 0.3 is 12.4 Å². The van der Waals surface area contributed by atoms with Crippen LogP contribution in [0.3, 0.4) is 0 Å². The average Bonchev–Trinajstić information content (AvgIpc) is 3.23. The number of aliphatic hydroxyl groups excluding tert-OH is 2. The first-order chi connectivity index (χ1) is 21.5. The number of rotatable bonds is 10. The largest absolute Gasteiger partial charge is 0.508 e. The molecular weight excluding hydrogens is 644 g/mol. The number of phenolic OH excluding ortho intramolecular Hbond substituents is 1. The third-order valence-electron chi connectivity index (χ3n) is 8.43. The summed E-state index contributed by atoms with van der Waals surface area (Å²) >= 11 is 6.22. The molecule has 46 heavy (non-hydrogen) atoms. The SMILES string of the molecule is CC/C(=C\c1ccc(O)cc1Cl)CC[C@@H](O)C1=C(COC)C[C@H]2C(=O)N(c3cc(C(F)(F)F)cc(C(F)(F)F)c3)C(=O)[C@H]2[C@H]1CO. The number of amides is 2. The van der Waals surface area contributed by atoms with Crippen LogP contribution in [0.2, 0.25) is 5.02 Å². The molecule has 1 fully saturated rings. The fraction of sp³-hybridized carbons (Fsp3) is 0.438. The Labute approximate surface area is 265 Å². The van der Waals surface area contributed by atoms with Crippen LogP contribution in [-0.4, -0.2) is 53.6 Å². The molecule has 1 saturated heterocycles. The van der Waals surface area contributed by atoms with Crippen molar-refractivity contribution in [1.82, 2.24) is 0 Å². The average molecular weight is 676 g/mol. The van der Waals surface area contributed by atoms with E-state index in [1.165, 1.54) is 19.2 Å². The zero-order chi connectivity index (χ0) is 34.1. The van der Waals surface area contributed by atoms with E-state index in [9.17, 15) is 51.3 Å². The maximum Gasteiger partial charge on any atom is 0.416 e. The van der Waals surface area contributed by atoms with Gasteiger partial charge in [0.25, 0.3) is 0 Å². The van der Waals surface area contributed by atoms with Gasteiger partial charge in [-0.05, 0) is 78.8 Å². The molecule has 0 unspecified atom stereocenters. The lowest BCUT2D eigenvalue weighted by molar-refractivity contribution is -0.143. The van der Waals surface area contributed by atoms with E-state index < -0.39 is 71.4 Å². The summed E-state index contributed by atoms with van der Waals surface area (Å²) in [5, 5.41) is 31.8. The van der Waals surface area contributed by atoms with E-state index in [1.54, 1.807) is 12.1 Å². The Morgan fingerprint density at radius 1 is 1.07 bits per heavy atom. The third-order valence-corrected chi connectivity index (χ3v) is 8.75. The fourth-order valence-corrected chi connectivity index (χ4v) is 6.50. The highest BCUT2D eigenvalue weighted by Crippen LogP contribution is 2.48. The Balaban J connectivity index is 1.68. The standard InChI is InChI=1S/C32H32ClF6NO6/c1-3-16(8-17-5-6-22(42)13-25(17)33)4-7-26(43)27-18(15-46-2)9-23-28(24(27)14-41)30(45)40(29(23)44)21-11-19(31(34,35)36)10-20(12-21)32(37,38)39/h5-6,8,10-13,23-24,26,28,41-43H,3-4,7,9,14-15H2,1-2H3/b16-8+/t23-,24+,26-,28-/m1/s1. The van der Waals surface area contributed by atoms with Crippen molar-refractivity contribution in [2.75, 3.05) is 25.2 Å². The number of anilines is 1. The first-order valence-electron chi connectivity index (χ1n) is 14.4. The van der Waals surface area contributed by atoms with Gasteiger partial charge in [0.05, 0.1) is 53.0 Å². The smallest absolute Gasteiger partial charge is 0.416 e. The zero-order valence-electron chi connectivity index (χ0n) is 24.8. The number of allylic oxidation sites excluding steroid dienone is 1. The normalized spacial score (nSPS) is 21.7. The minimum atomic E-state index is -5.20. The number of aliphatic hydroxyl groups is 2. The van der Waals surface area contributed by atoms with Gasteiger partial charge in [-0.1, -0.05) is 30.2 Å². The van der Waals surface area contributed by atoms with E-state index in [0.717, 1.165) is 5.57 Å². The minimum Gasteiger partial charge on any atom is -0.508 e. The summed E-state index contributed by atoms with van der Waals surface area (Å²) in [4.78, 5) is 27.6. The highest BCUT2D eigenvalue weighted by molar-refractivity contribution is 6.32. The van der Waals surface area contributed by atoms with Crippen molar-refractivity contribution in [3.8, 4) is 5.75 Å². The van der Waals surface area contributed by atoms with Gasteiger partial charge in [0, 0.05) is 13.0 Å². The van der Waals surface area contributed by atoms with Gasteiger partial charge in [0.15, 0.2) is 0 Å². The van der Waals surface area contributed by atoms with Crippen LogP contribution in [0.4, 0.5) is 32.0 Å². The van der Waals surface area contributed by atoms with Crippen LogP contribution in [0.15, 0.2) is 53.1 Å². The third kappa shape index (κ3) is 7.27. The van der Waals surface area contributed by atoms with Crippen LogP contribution < -0.4 is 4.90 Å². The molecule has 4 rings (SSSR count). The topological polar surface area (TPSA) is 107 Å². The summed E-state index contributed by atoms with van der Waals surface area (Å²) < 4.78 is 86.6. The van der Waals surface area contributed by atoms with Crippen molar-refractivity contribution in [1.29, 1.82) is 0 Å². The van der Waals surface area contributed by atoms with Crippen LogP contribution in [0.5, 0.6) is 5.75 Å². The molecule has 1 heterocycles. The van der Waals surface area contributed by atoms with Crippen molar-refractivity contribution < 1.29 is 56.0 Å². The van der Waals surface area contributed by atoms with Crippen molar-refractivity contribution in [3.63, 3.8) is 0 Å². The summed E-state index contributed by atoms with van der Waals surface area (Å²) in [6.07, 6.45) is -8.97. The zero-order valence-corrected chi connectivity index (χ0v) is 25.5. The maximum atomic E-state index is 13.7. The molecule has 2 amide bonds. The number of hydrogen-bond acceptors (Lipinski definition) is 6. The number of ether oxygens (including phenoxy) is 1. The first kappa shape index (κ1) is 35.5. The van der Waals surface area contributed by atoms with E-state index in [1.807, 2.05) is 6.92 Å². The number of phenols is 1. The molecule has 0 aromatic heterocycles. The lowest BCUT2D eigenvalue weighted by atomic mass is 9.68. The number of hydrogen-bond donors (Lipinski definition) is 3. The number of aromatic hydroxyl groups is 1. The molecule has 7 nitrogen and oxygen atoms in total. The number of carbonyl (C=O) groups is 2. The van der Waals surface area contributed by atoms with E-state index in [4.69, 9.17) is 16.3 Å². The van der Waals surface area contributed by atoms with Gasteiger partial charge in [-0.3, -0.25) is 9.59 Å². The fourth-order valence-electron chi connectivity index (χ4n) is 6.27. The summed E-state index contributed by atoms with van der Waals surface area (Å²) in [5.74, 6) is -5.80. The lowest BCUT2D eigenvalue weighted by Crippen LogP contribution is -2.39. The lowest BCUT2D eigenvalue weighted by Gasteiger charge is -2.36. The van der Waals surface area contributed by atoms with Crippen LogP contribution in [-0.2, 0) is 26.7 Å². The Morgan fingerprint density at radius 2 is 1.70 bits per heavy atom. The van der Waals surface area contributed by atoms with E-state index in [2.05, 4.69) is 0 Å². The Kier molecular flexibility index (Phi) is 10.6. The highest BCUT2D eigenvalue weighted by atomic mass is 35.5. The predicted octanol–water partition coefficient (Wildman–Crippen LogP) is 6.78. The highest BCUT2D eigenvalue weighted by Gasteiger charge is 2.55. The number of fused-ring (bicyclic) bond motifs is 1. The molecule has 14 heteroatoms. The molecule has 2 aromatic carbocycles. The second-order valence-electron chi connectivity index (χ2n) is 11.3. The van der Waals surface area contributed by atoms with Gasteiger partial charge in [-0.25, -0.2) is 4.90 Å². The molecule has 0 radical (unpaired) electrons. The molecular formula is C32H32ClF6NO6. The Hall–Kier alpha value is -3.39. The molecule has 0 spiro atoms. The second kappa shape index (κ2) is 13.8. The molecule has 4 atom stereocenters. The molecule has 0 bridgehead atoms. The number of methoxy groups -OCH3 is 1. The van der Waals surface area contributed by atoms with Gasteiger partial charge in [0.1, 0.15) is 5.75 Å². The molecule has 1 aliphatic carbocycles. The van der Waals surface area contributed by atoms with Crippen molar-refractivity contribution in [2.45, 2.75) is 51.1 Å². The van der Waals surface area contributed by atoms with Crippen LogP contribution >= 0.6 is 11.6 Å². The summed E-state index contributed by atoms with van der Waals surface area (Å²) in [5.41, 5.74) is -2.10. The monoisotopic (exact) mass is 675 g/mol. The summed E-state index contributed by atoms with van der Waals surface area (Å²) in [6, 6.07) is 5.01. The number of benzene rings is 2. The van der Waals surface area contributed by atoms with Crippen LogP contribution in [0, 0.1) is 17.8 Å². The van der Waals surface area contributed by atoms with E-state index >= 15 is 0 Å². The molecule has 3 N–H and O–H groups in total. The Morgan fingerprint density at radius 3 is 2.22 bits per heavy atom. The second-order valence-corrected chi connectivity index (χ2v) is 11.7. The molecule has 0 saturated carbocycles. The summed E-state index contributed by atoms with van der Waals surface area (Å²) in [6.45, 7) is 1.05. The van der Waals surface area contributed by atoms with Crippen LogP contribution in [0.1, 0.15) is 49.3 Å². The first-order valence-corrected chi connectivity index (χ1v) is 14.7. The van der Waals surface area contributed by atoms with Gasteiger partial charge in [0.2, 0.25) is 11.8 Å². The summed E-state index contributed by atoms with van der Waals surface area (Å²) in [7, 11) is 1.35. The predicted molar refractivity (Wildman–Crippen MR) is 157 cm³/mol. The molecule has 250 valence electrons. The van der Waals surface area contributed by atoms with Crippen LogP contribution in [0.25, 0.3) is 6.08 Å². The Bertz CT molecular complexity index is 1520. The minimum absolute atomic E-state index is 0.00812. The molecule has 2 aliphatic rings. The maximum absolute atomic E-state index is 13.7. The number of halogens is 7. The number of imide groups is 1. The molecule has 1 aliphatic heterocycles. The van der Waals surface area contributed by atoms with Crippen molar-refractivity contribution in [3.05, 3.63) is 74.8 Å². The molecule has 2 aromatic rings. The number of alkyl halides is 6. The van der Waals surface area contributed by atoms with E-state index in [0.29, 0.717) is 46.0 Å². The van der Waals surface area contributed by atoms with Gasteiger partial charge in [-0.2, -0.15) is 26.3 Å². The quantitative estimate of drug-likeness (QED) is 0.146. The van der Waals surface area contributed by atoms with Gasteiger partial charge < -0.3 is 20.1 Å². The van der Waals surface area contributed by atoms with Crippen molar-refractivity contribution >= 4 is 35.2 Å². The van der Waals surface area contributed by atoms with Crippen molar-refractivity contribution in [2.24, 2.45) is 17.8 Å². The number of carbonyl (C=O) groups excluding carboxylic acids is 2.